The molecule has 0 bridgehead atoms. The van der Waals surface area contributed by atoms with Crippen LogP contribution >= 0.6 is 22.7 Å². The molecular formula is C14H15N3OS3. The molecule has 3 aromatic rings. The average molecular weight is 337 g/mol. The maximum absolute atomic E-state index is 12.3. The van der Waals surface area contributed by atoms with Gasteiger partial charge in [-0.1, -0.05) is 18.3 Å². The van der Waals surface area contributed by atoms with E-state index < -0.39 is 11.2 Å². The quantitative estimate of drug-likeness (QED) is 0.734. The van der Waals surface area contributed by atoms with Gasteiger partial charge in [0.15, 0.2) is 0 Å². The maximum Gasteiger partial charge on any atom is 0.232 e. The van der Waals surface area contributed by atoms with Crippen LogP contribution in [0, 0.1) is 6.92 Å². The van der Waals surface area contributed by atoms with Gasteiger partial charge in [0.2, 0.25) is 4.21 Å². The van der Waals surface area contributed by atoms with E-state index in [1.54, 1.807) is 17.5 Å². The highest BCUT2D eigenvalue weighted by atomic mass is 32.2. The van der Waals surface area contributed by atoms with Crippen LogP contribution in [-0.2, 0) is 11.2 Å². The van der Waals surface area contributed by atoms with Gasteiger partial charge in [-0.25, -0.2) is 9.97 Å². The number of pyridine rings is 1. The number of nitrogen functional groups attached to an aromatic ring is 1. The fraction of sp³-hybridized carbons (Fsp3) is 0.286. The number of nitrogens with two attached hydrogens (primary N) is 1. The van der Waals surface area contributed by atoms with Gasteiger partial charge >= 0.3 is 0 Å². The van der Waals surface area contributed by atoms with Gasteiger partial charge in [-0.3, -0.25) is 0 Å². The van der Waals surface area contributed by atoms with Crippen molar-refractivity contribution in [2.24, 2.45) is 0 Å². The number of aromatic nitrogens is 2. The summed E-state index contributed by atoms with van der Waals surface area (Å²) in [6.07, 6.45) is 2.64. The number of thiophene rings is 1. The molecule has 0 aromatic carbocycles. The highest BCUT2D eigenvalue weighted by Gasteiger charge is 2.23. The van der Waals surface area contributed by atoms with Crippen LogP contribution in [0.4, 0.5) is 5.69 Å². The molecule has 3 rings (SSSR count). The highest BCUT2D eigenvalue weighted by Crippen LogP contribution is 2.39. The number of nitrogens with zero attached hydrogens (tertiary/aromatic N) is 2. The van der Waals surface area contributed by atoms with Gasteiger partial charge in [-0.05, 0) is 36.2 Å². The average Bonchev–Trinajstić information content (AvgIpc) is 3.07. The van der Waals surface area contributed by atoms with Gasteiger partial charge in [0.1, 0.15) is 27.0 Å². The maximum atomic E-state index is 12.3. The van der Waals surface area contributed by atoms with E-state index in [0.29, 0.717) is 11.4 Å². The van der Waals surface area contributed by atoms with Gasteiger partial charge in [0.05, 0.1) is 0 Å². The summed E-state index contributed by atoms with van der Waals surface area (Å²) >= 11 is 1.96. The molecule has 110 valence electrons. The largest absolute Gasteiger partial charge is 0.611 e. The van der Waals surface area contributed by atoms with Crippen molar-refractivity contribution in [3.63, 3.8) is 0 Å². The minimum Gasteiger partial charge on any atom is -0.611 e. The van der Waals surface area contributed by atoms with Crippen molar-refractivity contribution in [1.82, 2.24) is 9.97 Å². The van der Waals surface area contributed by atoms with Crippen LogP contribution in [0.25, 0.3) is 20.9 Å². The zero-order valence-corrected chi connectivity index (χ0v) is 14.2. The first kappa shape index (κ1) is 14.8. The Morgan fingerprint density at radius 2 is 2.24 bits per heavy atom. The Morgan fingerprint density at radius 3 is 2.90 bits per heavy atom. The molecule has 0 aliphatic carbocycles. The smallest absolute Gasteiger partial charge is 0.232 e. The molecule has 0 spiro atoms. The lowest BCUT2D eigenvalue weighted by molar-refractivity contribution is 0.596. The van der Waals surface area contributed by atoms with Crippen LogP contribution in [-0.4, -0.2) is 20.3 Å². The molecule has 2 N–H and O–H groups in total. The van der Waals surface area contributed by atoms with Crippen LogP contribution in [0.5, 0.6) is 0 Å². The topological polar surface area (TPSA) is 74.9 Å². The molecule has 0 fully saturated rings. The Kier molecular flexibility index (Phi) is 4.17. The van der Waals surface area contributed by atoms with E-state index in [1.807, 2.05) is 25.3 Å². The van der Waals surface area contributed by atoms with Gasteiger partial charge in [-0.15, -0.1) is 11.3 Å². The van der Waals surface area contributed by atoms with E-state index in [4.69, 9.17) is 5.73 Å². The van der Waals surface area contributed by atoms with E-state index >= 15 is 0 Å². The van der Waals surface area contributed by atoms with Crippen LogP contribution in [0.1, 0.15) is 18.9 Å². The predicted molar refractivity (Wildman–Crippen MR) is 91.4 cm³/mol. The molecule has 0 saturated heterocycles. The Morgan fingerprint density at radius 1 is 1.43 bits per heavy atom. The van der Waals surface area contributed by atoms with E-state index in [9.17, 15) is 4.55 Å². The lowest BCUT2D eigenvalue weighted by atomic mass is 10.1. The molecule has 0 aliphatic rings. The Labute approximate surface area is 134 Å². The van der Waals surface area contributed by atoms with Crippen molar-refractivity contribution in [2.45, 2.75) is 24.5 Å². The van der Waals surface area contributed by atoms with Crippen molar-refractivity contribution >= 4 is 49.8 Å². The van der Waals surface area contributed by atoms with Gasteiger partial charge in [0.25, 0.3) is 0 Å². The summed E-state index contributed by atoms with van der Waals surface area (Å²) in [6, 6.07) is 2.00. The summed E-state index contributed by atoms with van der Waals surface area (Å²) in [5, 5.41) is 3.75. The number of aryl methyl sites for hydroxylation is 1. The second-order valence-corrected chi connectivity index (χ2v) is 8.35. The third-order valence-corrected chi connectivity index (χ3v) is 7.02. The molecule has 1 unspecified atom stereocenters. The van der Waals surface area contributed by atoms with Gasteiger partial charge in [-0.2, -0.15) is 0 Å². The fourth-order valence-corrected chi connectivity index (χ4v) is 5.46. The summed E-state index contributed by atoms with van der Waals surface area (Å²) in [5.41, 5.74) is 8.73. The molecule has 7 heteroatoms. The second-order valence-electron chi connectivity index (χ2n) is 4.69. The van der Waals surface area contributed by atoms with Crippen LogP contribution in [0.15, 0.2) is 21.9 Å². The molecule has 3 heterocycles. The van der Waals surface area contributed by atoms with E-state index in [1.165, 1.54) is 11.3 Å². The minimum atomic E-state index is -1.04. The van der Waals surface area contributed by atoms with Gasteiger partial charge < -0.3 is 10.3 Å². The first-order valence-corrected chi connectivity index (χ1v) is 9.61. The van der Waals surface area contributed by atoms with E-state index in [2.05, 4.69) is 9.97 Å². The molecule has 1 atom stereocenters. The Bertz CT molecular complexity index is 767. The molecular weight excluding hydrogens is 322 g/mol. The summed E-state index contributed by atoms with van der Waals surface area (Å²) in [6.45, 7) is 4.03. The normalized spacial score (nSPS) is 12.9. The molecule has 4 nitrogen and oxygen atoms in total. The molecule has 0 amide bonds. The monoisotopic (exact) mass is 337 g/mol. The number of thiazole rings is 1. The third-order valence-electron chi connectivity index (χ3n) is 3.11. The lowest BCUT2D eigenvalue weighted by Crippen LogP contribution is -2.06. The molecule has 0 radical (unpaired) electrons. The van der Waals surface area contributed by atoms with Crippen LogP contribution in [0.3, 0.4) is 0 Å². The second kappa shape index (κ2) is 5.92. The number of fused-ring (bicyclic) bond motifs is 1. The SMILES string of the molecule is CCC[S+]([O-])c1sc2nc(-c3nccs3)cc(C)c2c1N. The van der Waals surface area contributed by atoms with Crippen LogP contribution in [0.2, 0.25) is 0 Å². The summed E-state index contributed by atoms with van der Waals surface area (Å²) in [7, 11) is 0. The first-order chi connectivity index (χ1) is 10.1. The fourth-order valence-electron chi connectivity index (χ4n) is 2.20. The van der Waals surface area contributed by atoms with Crippen molar-refractivity contribution in [2.75, 3.05) is 11.5 Å². The van der Waals surface area contributed by atoms with Crippen molar-refractivity contribution < 1.29 is 4.55 Å². The number of hydrogen-bond donors (Lipinski definition) is 1. The molecule has 3 aromatic heterocycles. The lowest BCUT2D eigenvalue weighted by Gasteiger charge is -2.07. The van der Waals surface area contributed by atoms with Crippen molar-refractivity contribution in [3.05, 3.63) is 23.2 Å². The number of anilines is 1. The first-order valence-electron chi connectivity index (χ1n) is 6.59. The van der Waals surface area contributed by atoms with E-state index in [0.717, 1.165) is 37.1 Å². The Balaban J connectivity index is 2.15. The van der Waals surface area contributed by atoms with Crippen molar-refractivity contribution in [3.8, 4) is 10.7 Å². The standard InChI is InChI=1S/C14H15N3OS3/c1-3-6-21(18)14-11(15)10-8(2)7-9(17-13(10)20-14)12-16-4-5-19-12/h4-5,7H,3,6,15H2,1-2H3. The molecule has 21 heavy (non-hydrogen) atoms. The summed E-state index contributed by atoms with van der Waals surface area (Å²) in [4.78, 5) is 9.80. The highest BCUT2D eigenvalue weighted by molar-refractivity contribution is 7.93. The summed E-state index contributed by atoms with van der Waals surface area (Å²) < 4.78 is 13.0. The molecule has 0 aliphatic heterocycles. The summed E-state index contributed by atoms with van der Waals surface area (Å²) in [5.74, 6) is 0.634. The minimum absolute atomic E-state index is 0.623. The Hall–Kier alpha value is -1.15. The van der Waals surface area contributed by atoms with Crippen molar-refractivity contribution in [1.29, 1.82) is 0 Å². The van der Waals surface area contributed by atoms with Gasteiger partial charge in [0, 0.05) is 17.0 Å². The zero-order valence-electron chi connectivity index (χ0n) is 11.8. The van der Waals surface area contributed by atoms with Crippen LogP contribution < -0.4 is 5.73 Å². The van der Waals surface area contributed by atoms with E-state index in [-0.39, 0.29) is 0 Å². The number of rotatable bonds is 4. The predicted octanol–water partition coefficient (Wildman–Crippen LogP) is 3.83. The zero-order chi connectivity index (χ0) is 15.0. The third kappa shape index (κ3) is 2.66. The molecule has 0 saturated carbocycles. The number of hydrogen-bond acceptors (Lipinski definition) is 6.